The molecule has 0 heterocycles. The van der Waals surface area contributed by atoms with Crippen LogP contribution in [0.2, 0.25) is 0 Å². The van der Waals surface area contributed by atoms with Gasteiger partial charge in [-0.1, -0.05) is 32.1 Å². The van der Waals surface area contributed by atoms with Crippen LogP contribution in [0.3, 0.4) is 0 Å². The molecule has 0 saturated heterocycles. The SMILES string of the molecule is COCCOc1cc(C(C)C)c(/C=C/C=O)c(-c2ccc(F)cc2)c1OCCOC. The van der Waals surface area contributed by atoms with Gasteiger partial charge in [-0.15, -0.1) is 0 Å². The molecule has 0 radical (unpaired) electrons. The Labute approximate surface area is 177 Å². The third kappa shape index (κ3) is 6.15. The minimum atomic E-state index is -0.331. The van der Waals surface area contributed by atoms with E-state index in [4.69, 9.17) is 18.9 Å². The van der Waals surface area contributed by atoms with Crippen LogP contribution in [0.25, 0.3) is 17.2 Å². The summed E-state index contributed by atoms with van der Waals surface area (Å²) >= 11 is 0. The van der Waals surface area contributed by atoms with Crippen LogP contribution in [-0.4, -0.2) is 46.9 Å². The van der Waals surface area contributed by atoms with Crippen LogP contribution in [0, 0.1) is 5.82 Å². The molecule has 5 nitrogen and oxygen atoms in total. The number of hydrogen-bond acceptors (Lipinski definition) is 5. The van der Waals surface area contributed by atoms with E-state index in [-0.39, 0.29) is 11.7 Å². The number of ether oxygens (including phenoxy) is 4. The lowest BCUT2D eigenvalue weighted by Crippen LogP contribution is -2.11. The van der Waals surface area contributed by atoms with Gasteiger partial charge in [0.15, 0.2) is 11.5 Å². The van der Waals surface area contributed by atoms with Crippen LogP contribution in [0.1, 0.15) is 30.9 Å². The monoisotopic (exact) mass is 416 g/mol. The highest BCUT2D eigenvalue weighted by atomic mass is 19.1. The fourth-order valence-electron chi connectivity index (χ4n) is 3.08. The van der Waals surface area contributed by atoms with E-state index in [9.17, 15) is 9.18 Å². The van der Waals surface area contributed by atoms with Crippen LogP contribution >= 0.6 is 0 Å². The fraction of sp³-hybridized carbons (Fsp3) is 0.375. The maximum Gasteiger partial charge on any atom is 0.169 e. The molecule has 2 aromatic rings. The van der Waals surface area contributed by atoms with E-state index < -0.39 is 0 Å². The number of allylic oxidation sites excluding steroid dienone is 1. The summed E-state index contributed by atoms with van der Waals surface area (Å²) in [7, 11) is 3.20. The Bertz CT molecular complexity index is 844. The summed E-state index contributed by atoms with van der Waals surface area (Å²) in [5, 5.41) is 0. The number of rotatable bonds is 12. The van der Waals surface area contributed by atoms with Gasteiger partial charge in [-0.25, -0.2) is 4.39 Å². The predicted octanol–water partition coefficient (Wildman–Crippen LogP) is 4.88. The smallest absolute Gasteiger partial charge is 0.169 e. The quantitative estimate of drug-likeness (QED) is 0.280. The van der Waals surface area contributed by atoms with Crippen molar-refractivity contribution in [3.8, 4) is 22.6 Å². The van der Waals surface area contributed by atoms with Crippen molar-refractivity contribution >= 4 is 12.4 Å². The van der Waals surface area contributed by atoms with Crippen LogP contribution in [-0.2, 0) is 14.3 Å². The zero-order valence-electron chi connectivity index (χ0n) is 17.9. The van der Waals surface area contributed by atoms with Gasteiger partial charge >= 0.3 is 0 Å². The first-order chi connectivity index (χ1) is 14.5. The zero-order valence-corrected chi connectivity index (χ0v) is 17.9. The Morgan fingerprint density at radius 2 is 1.60 bits per heavy atom. The second-order valence-corrected chi connectivity index (χ2v) is 6.92. The van der Waals surface area contributed by atoms with E-state index in [1.807, 2.05) is 6.07 Å². The van der Waals surface area contributed by atoms with E-state index >= 15 is 0 Å². The van der Waals surface area contributed by atoms with Crippen LogP contribution < -0.4 is 9.47 Å². The lowest BCUT2D eigenvalue weighted by atomic mass is 9.88. The topological polar surface area (TPSA) is 54.0 Å². The minimum Gasteiger partial charge on any atom is -0.487 e. The lowest BCUT2D eigenvalue weighted by molar-refractivity contribution is -0.104. The maximum absolute atomic E-state index is 13.6. The molecule has 0 fully saturated rings. The molecule has 0 atom stereocenters. The Morgan fingerprint density at radius 3 is 2.17 bits per heavy atom. The van der Waals surface area contributed by atoms with E-state index in [0.717, 1.165) is 28.5 Å². The van der Waals surface area contributed by atoms with Gasteiger partial charge in [-0.3, -0.25) is 4.79 Å². The van der Waals surface area contributed by atoms with Crippen LogP contribution in [0.5, 0.6) is 11.5 Å². The van der Waals surface area contributed by atoms with Gasteiger partial charge in [0.25, 0.3) is 0 Å². The third-order valence-corrected chi connectivity index (χ3v) is 4.49. The van der Waals surface area contributed by atoms with Gasteiger partial charge in [0.05, 0.1) is 13.2 Å². The number of carbonyl (C=O) groups is 1. The number of hydrogen-bond donors (Lipinski definition) is 0. The summed E-state index contributed by atoms with van der Waals surface area (Å²) in [5.41, 5.74) is 3.31. The first-order valence-electron chi connectivity index (χ1n) is 9.85. The molecule has 0 bridgehead atoms. The molecule has 6 heteroatoms. The first kappa shape index (κ1) is 23.6. The third-order valence-electron chi connectivity index (χ3n) is 4.49. The molecule has 0 unspecified atom stereocenters. The van der Waals surface area contributed by atoms with Crippen LogP contribution in [0.15, 0.2) is 36.4 Å². The van der Waals surface area contributed by atoms with Crippen molar-refractivity contribution in [1.29, 1.82) is 0 Å². The van der Waals surface area contributed by atoms with Gasteiger partial charge < -0.3 is 18.9 Å². The molecular weight excluding hydrogens is 387 g/mol. The number of halogens is 1. The molecule has 0 aliphatic rings. The lowest BCUT2D eigenvalue weighted by Gasteiger charge is -2.23. The van der Waals surface area contributed by atoms with Gasteiger partial charge in [-0.2, -0.15) is 0 Å². The molecule has 0 N–H and O–H groups in total. The summed E-state index contributed by atoms with van der Waals surface area (Å²) in [6.07, 6.45) is 3.93. The van der Waals surface area contributed by atoms with Gasteiger partial charge in [0.1, 0.15) is 25.3 Å². The summed E-state index contributed by atoms with van der Waals surface area (Å²) in [6.45, 7) is 5.60. The summed E-state index contributed by atoms with van der Waals surface area (Å²) in [4.78, 5) is 11.1. The molecule has 162 valence electrons. The summed E-state index contributed by atoms with van der Waals surface area (Å²) in [5.74, 6) is 0.898. The number of benzene rings is 2. The molecule has 0 spiro atoms. The second-order valence-electron chi connectivity index (χ2n) is 6.92. The Hall–Kier alpha value is -2.70. The first-order valence-corrected chi connectivity index (χ1v) is 9.85. The normalized spacial score (nSPS) is 11.3. The second kappa shape index (κ2) is 12.1. The predicted molar refractivity (Wildman–Crippen MR) is 116 cm³/mol. The van der Waals surface area contributed by atoms with Crippen molar-refractivity contribution in [2.24, 2.45) is 0 Å². The van der Waals surface area contributed by atoms with E-state index in [1.54, 1.807) is 32.4 Å². The number of aldehydes is 1. The Morgan fingerprint density at radius 1 is 0.967 bits per heavy atom. The summed E-state index contributed by atoms with van der Waals surface area (Å²) in [6, 6.07) is 8.11. The minimum absolute atomic E-state index is 0.147. The van der Waals surface area contributed by atoms with E-state index in [2.05, 4.69) is 13.8 Å². The highest BCUT2D eigenvalue weighted by Crippen LogP contribution is 2.45. The molecule has 0 aliphatic carbocycles. The maximum atomic E-state index is 13.6. The Balaban J connectivity index is 2.77. The van der Waals surface area contributed by atoms with Crippen molar-refractivity contribution in [2.45, 2.75) is 19.8 Å². The molecule has 0 aliphatic heterocycles. The average Bonchev–Trinajstić information content (AvgIpc) is 2.73. The number of carbonyl (C=O) groups excluding carboxylic acids is 1. The summed E-state index contributed by atoms with van der Waals surface area (Å²) < 4.78 is 35.9. The standard InChI is InChI=1S/C24H29FO5/c1-17(2)21-16-22(29-14-12-27-3)24(30-15-13-28-4)23(20(21)6-5-11-26)18-7-9-19(25)10-8-18/h5-11,16-17H,12-15H2,1-4H3/b6-5+. The molecule has 30 heavy (non-hydrogen) atoms. The van der Waals surface area contributed by atoms with Crippen molar-refractivity contribution in [3.63, 3.8) is 0 Å². The van der Waals surface area contributed by atoms with Gasteiger partial charge in [0.2, 0.25) is 0 Å². The number of methoxy groups -OCH3 is 2. The molecule has 0 amide bonds. The van der Waals surface area contributed by atoms with Gasteiger partial charge in [0, 0.05) is 19.8 Å². The van der Waals surface area contributed by atoms with Crippen molar-refractivity contribution < 1.29 is 28.1 Å². The van der Waals surface area contributed by atoms with Gasteiger partial charge in [-0.05, 0) is 46.9 Å². The van der Waals surface area contributed by atoms with Crippen molar-refractivity contribution in [1.82, 2.24) is 0 Å². The van der Waals surface area contributed by atoms with E-state index in [0.29, 0.717) is 37.9 Å². The molecule has 0 saturated carbocycles. The van der Waals surface area contributed by atoms with Crippen molar-refractivity contribution in [2.75, 3.05) is 40.6 Å². The largest absolute Gasteiger partial charge is 0.487 e. The zero-order chi connectivity index (χ0) is 21.9. The highest BCUT2D eigenvalue weighted by molar-refractivity contribution is 5.87. The fourth-order valence-corrected chi connectivity index (χ4v) is 3.08. The van der Waals surface area contributed by atoms with Crippen LogP contribution in [0.4, 0.5) is 4.39 Å². The highest BCUT2D eigenvalue weighted by Gasteiger charge is 2.22. The Kier molecular flexibility index (Phi) is 9.51. The molecule has 2 rings (SSSR count). The average molecular weight is 416 g/mol. The molecule has 0 aromatic heterocycles. The van der Waals surface area contributed by atoms with Crippen molar-refractivity contribution in [3.05, 3.63) is 53.4 Å². The molecular formula is C24H29FO5. The van der Waals surface area contributed by atoms with E-state index in [1.165, 1.54) is 18.2 Å². The molecule has 2 aromatic carbocycles.